The van der Waals surface area contributed by atoms with Gasteiger partial charge < -0.3 is 9.15 Å². The van der Waals surface area contributed by atoms with Gasteiger partial charge in [0, 0.05) is 0 Å². The van der Waals surface area contributed by atoms with Crippen LogP contribution in [-0.4, -0.2) is 23.0 Å². The molecule has 0 unspecified atom stereocenters. The van der Waals surface area contributed by atoms with Crippen LogP contribution in [0.15, 0.2) is 63.7 Å². The number of amides is 2. The fraction of sp³-hybridized carbons (Fsp3) is 0.150. The maximum Gasteiger partial charge on any atom is 0.293 e. The molecule has 0 aliphatic rings. The molecule has 1 heterocycles. The van der Waals surface area contributed by atoms with Gasteiger partial charge in [0.25, 0.3) is 11.8 Å². The van der Waals surface area contributed by atoms with Crippen LogP contribution in [0.5, 0.6) is 5.75 Å². The quantitative estimate of drug-likeness (QED) is 0.384. The third-order valence-corrected chi connectivity index (χ3v) is 5.05. The number of carbonyl (C=O) groups is 2. The molecule has 0 bridgehead atoms. The molecule has 0 spiro atoms. The van der Waals surface area contributed by atoms with E-state index in [9.17, 15) is 9.59 Å². The Kier molecular flexibility index (Phi) is 6.84. The lowest BCUT2D eigenvalue weighted by Gasteiger charge is -2.19. The molecular weight excluding hydrogens is 458 g/mol. The van der Waals surface area contributed by atoms with Crippen molar-refractivity contribution in [2.24, 2.45) is 0 Å². The van der Waals surface area contributed by atoms with Crippen LogP contribution in [0.3, 0.4) is 0 Å². The number of ether oxygens (including phenoxy) is 1. The molecule has 2 amide bonds. The van der Waals surface area contributed by atoms with Gasteiger partial charge in [-0.25, -0.2) is 0 Å². The number of fused-ring (bicyclic) bond motifs is 1. The fourth-order valence-corrected chi connectivity index (χ4v) is 3.31. The van der Waals surface area contributed by atoms with Gasteiger partial charge in [-0.15, -0.1) is 0 Å². The monoisotopic (exact) mass is 475 g/mol. The normalized spacial score (nSPS) is 11.5. The van der Waals surface area contributed by atoms with Crippen LogP contribution in [0, 0.1) is 0 Å². The molecule has 3 aromatic rings. The van der Waals surface area contributed by atoms with Crippen molar-refractivity contribution in [2.75, 3.05) is 0 Å². The van der Waals surface area contributed by atoms with Crippen molar-refractivity contribution in [1.82, 2.24) is 16.2 Å². The minimum Gasteiger partial charge on any atom is -0.479 e. The number of hydrogen-bond donors (Lipinski definition) is 3. The molecule has 9 heteroatoms. The second kappa shape index (κ2) is 9.53. The maximum absolute atomic E-state index is 12.5. The average Bonchev–Trinajstić information content (AvgIpc) is 3.27. The molecule has 0 fully saturated rings. The molecular formula is C20H18BrN3O4S. The second-order valence-corrected chi connectivity index (χ2v) is 7.19. The molecule has 2 aromatic carbocycles. The van der Waals surface area contributed by atoms with Gasteiger partial charge in [-0.2, -0.15) is 0 Å². The van der Waals surface area contributed by atoms with Crippen LogP contribution in [0.2, 0.25) is 0 Å². The summed E-state index contributed by atoms with van der Waals surface area (Å²) in [5.74, 6) is -0.289. The summed E-state index contributed by atoms with van der Waals surface area (Å²) in [6, 6.07) is 14.7. The van der Waals surface area contributed by atoms with E-state index >= 15 is 0 Å². The lowest BCUT2D eigenvalue weighted by atomic mass is 10.1. The van der Waals surface area contributed by atoms with Crippen LogP contribution in [0.25, 0.3) is 10.8 Å². The highest BCUT2D eigenvalue weighted by atomic mass is 79.9. The van der Waals surface area contributed by atoms with Crippen molar-refractivity contribution in [3.8, 4) is 5.75 Å². The molecule has 0 aliphatic heterocycles. The van der Waals surface area contributed by atoms with Crippen LogP contribution < -0.4 is 20.9 Å². The Morgan fingerprint density at radius 3 is 2.66 bits per heavy atom. The fourth-order valence-electron chi connectivity index (χ4n) is 2.58. The van der Waals surface area contributed by atoms with Gasteiger partial charge in [-0.1, -0.05) is 37.3 Å². The molecule has 29 heavy (non-hydrogen) atoms. The summed E-state index contributed by atoms with van der Waals surface area (Å²) in [5, 5.41) is 4.38. The predicted octanol–water partition coefficient (Wildman–Crippen LogP) is 3.69. The third-order valence-electron chi connectivity index (χ3n) is 4.03. The Morgan fingerprint density at radius 1 is 1.14 bits per heavy atom. The number of thiocarbonyl (C=S) groups is 1. The zero-order valence-corrected chi connectivity index (χ0v) is 17.8. The van der Waals surface area contributed by atoms with Crippen molar-refractivity contribution < 1.29 is 18.7 Å². The molecule has 150 valence electrons. The number of hydrazine groups is 1. The van der Waals surface area contributed by atoms with Crippen molar-refractivity contribution in [3.63, 3.8) is 0 Å². The predicted molar refractivity (Wildman–Crippen MR) is 116 cm³/mol. The lowest BCUT2D eigenvalue weighted by Crippen LogP contribution is -2.52. The van der Waals surface area contributed by atoms with Crippen LogP contribution in [0.1, 0.15) is 23.9 Å². The molecule has 0 aliphatic carbocycles. The first-order valence-electron chi connectivity index (χ1n) is 8.78. The minimum atomic E-state index is -0.761. The lowest BCUT2D eigenvalue weighted by molar-refractivity contribution is -0.128. The first-order valence-corrected chi connectivity index (χ1v) is 9.98. The summed E-state index contributed by atoms with van der Waals surface area (Å²) >= 11 is 8.55. The second-order valence-electron chi connectivity index (χ2n) is 5.99. The summed E-state index contributed by atoms with van der Waals surface area (Å²) in [5.41, 5.74) is 4.93. The molecule has 7 nitrogen and oxygen atoms in total. The van der Waals surface area contributed by atoms with Gasteiger partial charge in [0.1, 0.15) is 5.75 Å². The van der Waals surface area contributed by atoms with Crippen molar-refractivity contribution in [2.45, 2.75) is 19.4 Å². The summed E-state index contributed by atoms with van der Waals surface area (Å²) in [6.07, 6.45) is 1.04. The molecule has 0 saturated carbocycles. The molecule has 0 radical (unpaired) electrons. The Labute approximate surface area is 180 Å². The number of benzene rings is 2. The average molecular weight is 476 g/mol. The topological polar surface area (TPSA) is 92.6 Å². The number of carbonyl (C=O) groups excluding carboxylic acids is 2. The van der Waals surface area contributed by atoms with Gasteiger partial charge in [0.15, 0.2) is 17.0 Å². The summed E-state index contributed by atoms with van der Waals surface area (Å²) in [6.45, 7) is 1.83. The van der Waals surface area contributed by atoms with Crippen molar-refractivity contribution >= 4 is 55.8 Å². The first-order chi connectivity index (χ1) is 14.0. The number of nitrogens with one attached hydrogen (secondary N) is 3. The Morgan fingerprint density at radius 2 is 1.93 bits per heavy atom. The van der Waals surface area contributed by atoms with Gasteiger partial charge >= 0.3 is 0 Å². The van der Waals surface area contributed by atoms with Crippen LogP contribution in [-0.2, 0) is 4.79 Å². The largest absolute Gasteiger partial charge is 0.479 e. The van der Waals surface area contributed by atoms with E-state index in [2.05, 4.69) is 32.1 Å². The smallest absolute Gasteiger partial charge is 0.293 e. The van der Waals surface area contributed by atoms with Crippen LogP contribution in [0.4, 0.5) is 0 Å². The standard InChI is InChI=1S/C20H18BrN3O4S/c1-2-14(28-15-10-9-12-6-3-4-7-13(12)17(15)21)19(26)23-24-20(29)22-18(25)16-8-5-11-27-16/h3-11,14H,2H2,1H3,(H,23,26)(H2,22,24,25,29)/t14-/m1/s1. The summed E-state index contributed by atoms with van der Waals surface area (Å²) in [7, 11) is 0. The zero-order valence-electron chi connectivity index (χ0n) is 15.4. The van der Waals surface area contributed by atoms with Crippen molar-refractivity contribution in [1.29, 1.82) is 0 Å². The maximum atomic E-state index is 12.5. The zero-order chi connectivity index (χ0) is 20.8. The molecule has 3 N–H and O–H groups in total. The molecule has 1 aromatic heterocycles. The van der Waals surface area contributed by atoms with E-state index in [-0.39, 0.29) is 10.9 Å². The Hall–Kier alpha value is -2.91. The highest BCUT2D eigenvalue weighted by Crippen LogP contribution is 2.33. The van der Waals surface area contributed by atoms with E-state index in [4.69, 9.17) is 21.4 Å². The van der Waals surface area contributed by atoms with E-state index in [1.807, 2.05) is 43.3 Å². The van der Waals surface area contributed by atoms with E-state index in [0.717, 1.165) is 15.2 Å². The molecule has 0 saturated heterocycles. The van der Waals surface area contributed by atoms with E-state index in [1.54, 1.807) is 6.07 Å². The number of rotatable bonds is 5. The molecule has 3 rings (SSSR count). The highest BCUT2D eigenvalue weighted by molar-refractivity contribution is 9.10. The number of furan rings is 1. The van der Waals surface area contributed by atoms with E-state index < -0.39 is 17.9 Å². The Balaban J connectivity index is 1.58. The highest BCUT2D eigenvalue weighted by Gasteiger charge is 2.20. The first kappa shape index (κ1) is 20.8. The van der Waals surface area contributed by atoms with Crippen molar-refractivity contribution in [3.05, 3.63) is 65.0 Å². The van der Waals surface area contributed by atoms with Gasteiger partial charge in [0.05, 0.1) is 10.7 Å². The van der Waals surface area contributed by atoms with Gasteiger partial charge in [-0.05, 0) is 63.5 Å². The minimum absolute atomic E-state index is 0.0681. The number of hydrogen-bond acceptors (Lipinski definition) is 5. The number of halogens is 1. The Bertz CT molecular complexity index is 1040. The van der Waals surface area contributed by atoms with Gasteiger partial charge in [-0.3, -0.25) is 25.8 Å². The summed E-state index contributed by atoms with van der Waals surface area (Å²) in [4.78, 5) is 24.3. The SMILES string of the molecule is CC[C@@H](Oc1ccc2ccccc2c1Br)C(=O)NNC(=S)NC(=O)c1ccco1. The van der Waals surface area contributed by atoms with E-state index in [0.29, 0.717) is 12.2 Å². The van der Waals surface area contributed by atoms with E-state index in [1.165, 1.54) is 12.3 Å². The van der Waals surface area contributed by atoms with Gasteiger partial charge in [0.2, 0.25) is 0 Å². The molecule has 1 atom stereocenters. The third kappa shape index (κ3) is 5.12. The van der Waals surface area contributed by atoms with Crippen LogP contribution >= 0.6 is 28.1 Å². The summed E-state index contributed by atoms with van der Waals surface area (Å²) < 4.78 is 11.6.